The molecule has 0 saturated carbocycles. The largest absolute Gasteiger partial charge is 0.0853 e. The Hall–Kier alpha value is -0.780. The molecule has 1 unspecified atom stereocenters. The highest BCUT2D eigenvalue weighted by molar-refractivity contribution is 5.26. The quantitative estimate of drug-likeness (QED) is 0.489. The van der Waals surface area contributed by atoms with E-state index in [-0.39, 0.29) is 0 Å². The van der Waals surface area contributed by atoms with Crippen LogP contribution in [0.25, 0.3) is 0 Å². The van der Waals surface area contributed by atoms with Gasteiger partial charge < -0.3 is 0 Å². The topological polar surface area (TPSA) is 0 Å². The van der Waals surface area contributed by atoms with E-state index in [0.29, 0.717) is 0 Å². The summed E-state index contributed by atoms with van der Waals surface area (Å²) in [7, 11) is 0. The fourth-order valence-electron chi connectivity index (χ4n) is 3.04. The molecule has 0 saturated heterocycles. The lowest BCUT2D eigenvalue weighted by Gasteiger charge is -2.16. The summed E-state index contributed by atoms with van der Waals surface area (Å²) in [6, 6.07) is 0. The molecule has 0 amide bonds. The molecule has 16 heavy (non-hydrogen) atoms. The highest BCUT2D eigenvalue weighted by Crippen LogP contribution is 2.38. The van der Waals surface area contributed by atoms with Gasteiger partial charge in [0, 0.05) is 0 Å². The third-order valence-corrected chi connectivity index (χ3v) is 4.18. The molecule has 0 aromatic heterocycles. The zero-order valence-electron chi connectivity index (χ0n) is 11.0. The van der Waals surface area contributed by atoms with Crippen molar-refractivity contribution in [2.45, 2.75) is 59.3 Å². The van der Waals surface area contributed by atoms with E-state index in [1.807, 2.05) is 0 Å². The van der Waals surface area contributed by atoms with E-state index in [1.165, 1.54) is 38.5 Å². The highest BCUT2D eigenvalue weighted by atomic mass is 14.3. The third kappa shape index (κ3) is 2.66. The van der Waals surface area contributed by atoms with E-state index in [9.17, 15) is 0 Å². The van der Waals surface area contributed by atoms with Crippen LogP contribution in [0.3, 0.4) is 0 Å². The van der Waals surface area contributed by atoms with Gasteiger partial charge in [-0.25, -0.2) is 0 Å². The second-order valence-electron chi connectivity index (χ2n) is 5.59. The fraction of sp³-hybridized carbons (Fsp3) is 0.625. The van der Waals surface area contributed by atoms with Gasteiger partial charge in [-0.2, -0.15) is 0 Å². The number of allylic oxidation sites excluding steroid dienone is 6. The Morgan fingerprint density at radius 2 is 1.81 bits per heavy atom. The normalized spacial score (nSPS) is 33.8. The van der Waals surface area contributed by atoms with Crippen LogP contribution in [0.4, 0.5) is 0 Å². The van der Waals surface area contributed by atoms with Gasteiger partial charge in [0.05, 0.1) is 0 Å². The zero-order chi connectivity index (χ0) is 11.5. The minimum absolute atomic E-state index is 0.846. The summed E-state index contributed by atoms with van der Waals surface area (Å²) >= 11 is 0. The van der Waals surface area contributed by atoms with Crippen LogP contribution in [0.5, 0.6) is 0 Å². The molecule has 0 spiro atoms. The number of fused-ring (bicyclic) bond motifs is 1. The van der Waals surface area contributed by atoms with Crippen molar-refractivity contribution in [3.8, 4) is 0 Å². The Balaban J connectivity index is 2.22. The first-order valence-electron chi connectivity index (χ1n) is 6.66. The molecule has 0 heterocycles. The summed E-state index contributed by atoms with van der Waals surface area (Å²) in [5.41, 5.74) is 6.58. The van der Waals surface area contributed by atoms with Crippen LogP contribution >= 0.6 is 0 Å². The Labute approximate surface area is 100 Å². The van der Waals surface area contributed by atoms with Crippen LogP contribution in [0.1, 0.15) is 59.3 Å². The molecule has 0 aromatic rings. The minimum atomic E-state index is 0.846. The molecule has 1 atom stereocenters. The Morgan fingerprint density at radius 1 is 1.00 bits per heavy atom. The maximum absolute atomic E-state index is 2.46. The molecule has 0 fully saturated rings. The van der Waals surface area contributed by atoms with Crippen molar-refractivity contribution in [2.24, 2.45) is 5.92 Å². The number of hydrogen-bond acceptors (Lipinski definition) is 0. The molecule has 2 aliphatic carbocycles. The van der Waals surface area contributed by atoms with Crippen LogP contribution < -0.4 is 0 Å². The lowest BCUT2D eigenvalue weighted by atomic mass is 9.89. The summed E-state index contributed by atoms with van der Waals surface area (Å²) in [6.45, 7) is 6.93. The summed E-state index contributed by atoms with van der Waals surface area (Å²) in [5.74, 6) is 0.846. The Kier molecular flexibility index (Phi) is 3.68. The van der Waals surface area contributed by atoms with Gasteiger partial charge in [0.15, 0.2) is 0 Å². The predicted octanol–water partition coefficient (Wildman–Crippen LogP) is 5.18. The van der Waals surface area contributed by atoms with Crippen LogP contribution in [-0.2, 0) is 0 Å². The van der Waals surface area contributed by atoms with Gasteiger partial charge in [-0.15, -0.1) is 0 Å². The smallest absolute Gasteiger partial charge is 0.0131 e. The standard InChI is InChI=1S/C16H24/c1-12-5-4-6-13(2)11-15-9-8-14(3)16(15)10-7-12/h6-7,15H,4-5,8-11H2,1-3H3/b12-7+,13-6+. The molecule has 0 aliphatic heterocycles. The minimum Gasteiger partial charge on any atom is -0.0853 e. The van der Waals surface area contributed by atoms with Crippen molar-refractivity contribution in [1.82, 2.24) is 0 Å². The van der Waals surface area contributed by atoms with Crippen molar-refractivity contribution < 1.29 is 0 Å². The summed E-state index contributed by atoms with van der Waals surface area (Å²) in [5, 5.41) is 0. The van der Waals surface area contributed by atoms with Crippen LogP contribution in [0, 0.1) is 5.92 Å². The number of hydrogen-bond donors (Lipinski definition) is 0. The molecule has 0 N–H and O–H groups in total. The molecular formula is C16H24. The first kappa shape index (κ1) is 11.7. The van der Waals surface area contributed by atoms with Crippen LogP contribution in [-0.4, -0.2) is 0 Å². The van der Waals surface area contributed by atoms with Gasteiger partial charge >= 0.3 is 0 Å². The van der Waals surface area contributed by atoms with E-state index in [0.717, 1.165) is 5.92 Å². The molecule has 0 radical (unpaired) electrons. The van der Waals surface area contributed by atoms with Crippen molar-refractivity contribution in [2.75, 3.05) is 0 Å². The van der Waals surface area contributed by atoms with Crippen molar-refractivity contribution in [3.63, 3.8) is 0 Å². The first-order valence-corrected chi connectivity index (χ1v) is 6.66. The van der Waals surface area contributed by atoms with Gasteiger partial charge in [-0.1, -0.05) is 34.4 Å². The van der Waals surface area contributed by atoms with Gasteiger partial charge in [-0.3, -0.25) is 0 Å². The molecule has 0 heteroatoms. The fourth-order valence-corrected chi connectivity index (χ4v) is 3.04. The van der Waals surface area contributed by atoms with Crippen molar-refractivity contribution in [3.05, 3.63) is 34.4 Å². The molecule has 88 valence electrons. The molecule has 0 nitrogen and oxygen atoms in total. The lowest BCUT2D eigenvalue weighted by Crippen LogP contribution is -2.01. The summed E-state index contributed by atoms with van der Waals surface area (Å²) < 4.78 is 0. The van der Waals surface area contributed by atoms with Gasteiger partial charge in [0.25, 0.3) is 0 Å². The van der Waals surface area contributed by atoms with Gasteiger partial charge in [-0.05, 0) is 65.2 Å². The summed E-state index contributed by atoms with van der Waals surface area (Å²) in [4.78, 5) is 0. The second kappa shape index (κ2) is 5.03. The third-order valence-electron chi connectivity index (χ3n) is 4.18. The second-order valence-corrected chi connectivity index (χ2v) is 5.59. The van der Waals surface area contributed by atoms with E-state index in [2.05, 4.69) is 32.9 Å². The summed E-state index contributed by atoms with van der Waals surface area (Å²) in [6.07, 6.45) is 12.6. The lowest BCUT2D eigenvalue weighted by molar-refractivity contribution is 0.586. The van der Waals surface area contributed by atoms with E-state index >= 15 is 0 Å². The predicted molar refractivity (Wildman–Crippen MR) is 71.4 cm³/mol. The van der Waals surface area contributed by atoms with Crippen molar-refractivity contribution >= 4 is 0 Å². The average molecular weight is 216 g/mol. The zero-order valence-corrected chi connectivity index (χ0v) is 11.0. The van der Waals surface area contributed by atoms with Crippen LogP contribution in [0.15, 0.2) is 34.4 Å². The van der Waals surface area contributed by atoms with E-state index in [1.54, 1.807) is 22.3 Å². The maximum Gasteiger partial charge on any atom is -0.0131 e. The Bertz CT molecular complexity index is 352. The highest BCUT2D eigenvalue weighted by Gasteiger charge is 2.22. The Morgan fingerprint density at radius 3 is 2.62 bits per heavy atom. The monoisotopic (exact) mass is 216 g/mol. The maximum atomic E-state index is 2.46. The van der Waals surface area contributed by atoms with Crippen molar-refractivity contribution in [1.29, 1.82) is 0 Å². The number of rotatable bonds is 0. The first-order chi connectivity index (χ1) is 7.66. The van der Waals surface area contributed by atoms with Gasteiger partial charge in [0.2, 0.25) is 0 Å². The van der Waals surface area contributed by atoms with E-state index in [4.69, 9.17) is 0 Å². The molecule has 2 rings (SSSR count). The van der Waals surface area contributed by atoms with E-state index < -0.39 is 0 Å². The molecule has 0 bridgehead atoms. The average Bonchev–Trinajstić information content (AvgIpc) is 2.57. The van der Waals surface area contributed by atoms with Crippen LogP contribution in [0.2, 0.25) is 0 Å². The molecule has 2 aliphatic rings. The molecular weight excluding hydrogens is 192 g/mol. The van der Waals surface area contributed by atoms with Gasteiger partial charge in [0.1, 0.15) is 0 Å². The SMILES string of the molecule is CC1=C2C/C=C(\C)CC/C=C(\C)CC2CC1. The molecule has 0 aromatic carbocycles.